The number of nitrogens with one attached hydrogen (secondary N) is 1. The van der Waals surface area contributed by atoms with Crippen LogP contribution in [0, 0.1) is 19.7 Å². The van der Waals surface area contributed by atoms with Gasteiger partial charge in [-0.1, -0.05) is 17.7 Å². The standard InChI is InChI=1S/C15H15FN2O2/c1-8-3-4-13(9(2)5-8)18-14-6-10(15(19)20)12(17)7-11(14)16/h3-7,18H,17H2,1-2H3,(H,19,20). The molecule has 2 aromatic rings. The summed E-state index contributed by atoms with van der Waals surface area (Å²) in [4.78, 5) is 11.0. The van der Waals surface area contributed by atoms with E-state index in [9.17, 15) is 9.18 Å². The van der Waals surface area contributed by atoms with Crippen LogP contribution in [0.25, 0.3) is 0 Å². The summed E-state index contributed by atoms with van der Waals surface area (Å²) < 4.78 is 13.9. The van der Waals surface area contributed by atoms with Crippen LogP contribution < -0.4 is 11.1 Å². The Morgan fingerprint density at radius 2 is 1.90 bits per heavy atom. The minimum absolute atomic E-state index is 0.0866. The fraction of sp³-hybridized carbons (Fsp3) is 0.133. The van der Waals surface area contributed by atoms with Crippen molar-refractivity contribution in [2.45, 2.75) is 13.8 Å². The zero-order valence-corrected chi connectivity index (χ0v) is 11.2. The maximum absolute atomic E-state index is 13.9. The first-order valence-electron chi connectivity index (χ1n) is 6.05. The summed E-state index contributed by atoms with van der Waals surface area (Å²) in [5, 5.41) is 11.9. The zero-order valence-electron chi connectivity index (χ0n) is 11.2. The molecule has 0 atom stereocenters. The molecule has 4 N–H and O–H groups in total. The van der Waals surface area contributed by atoms with Crippen molar-refractivity contribution in [3.05, 3.63) is 52.8 Å². The molecule has 0 spiro atoms. The van der Waals surface area contributed by atoms with Crippen molar-refractivity contribution in [2.75, 3.05) is 11.1 Å². The first kappa shape index (κ1) is 13.9. The minimum atomic E-state index is -1.19. The van der Waals surface area contributed by atoms with Crippen molar-refractivity contribution < 1.29 is 14.3 Å². The minimum Gasteiger partial charge on any atom is -0.478 e. The largest absolute Gasteiger partial charge is 0.478 e. The molecule has 0 fully saturated rings. The summed E-state index contributed by atoms with van der Waals surface area (Å²) in [6.45, 7) is 3.85. The summed E-state index contributed by atoms with van der Waals surface area (Å²) >= 11 is 0. The van der Waals surface area contributed by atoms with E-state index in [0.29, 0.717) is 0 Å². The third kappa shape index (κ3) is 2.71. The summed E-state index contributed by atoms with van der Waals surface area (Å²) in [7, 11) is 0. The topological polar surface area (TPSA) is 75.3 Å². The van der Waals surface area contributed by atoms with Gasteiger partial charge in [0.1, 0.15) is 5.82 Å². The second kappa shape index (κ2) is 5.21. The molecule has 0 bridgehead atoms. The highest BCUT2D eigenvalue weighted by atomic mass is 19.1. The Labute approximate surface area is 116 Å². The predicted molar refractivity (Wildman–Crippen MR) is 77.0 cm³/mol. The second-order valence-electron chi connectivity index (χ2n) is 4.67. The summed E-state index contributed by atoms with van der Waals surface area (Å²) in [5.74, 6) is -1.78. The van der Waals surface area contributed by atoms with Crippen molar-refractivity contribution in [1.29, 1.82) is 0 Å². The molecule has 0 saturated carbocycles. The molecule has 0 amide bonds. The van der Waals surface area contributed by atoms with Crippen LogP contribution in [0.5, 0.6) is 0 Å². The number of anilines is 3. The molecule has 0 unspecified atom stereocenters. The molecule has 0 aliphatic carbocycles. The number of carbonyl (C=O) groups is 1. The molecular formula is C15H15FN2O2. The number of aryl methyl sites for hydroxylation is 2. The number of carboxylic acids is 1. The molecular weight excluding hydrogens is 259 g/mol. The lowest BCUT2D eigenvalue weighted by Crippen LogP contribution is -2.05. The number of nitrogens with two attached hydrogens (primary N) is 1. The fourth-order valence-electron chi connectivity index (χ4n) is 1.97. The molecule has 5 heteroatoms. The zero-order chi connectivity index (χ0) is 14.9. The molecule has 0 heterocycles. The van der Waals surface area contributed by atoms with E-state index < -0.39 is 11.8 Å². The van der Waals surface area contributed by atoms with E-state index >= 15 is 0 Å². The van der Waals surface area contributed by atoms with Crippen LogP contribution in [-0.4, -0.2) is 11.1 Å². The maximum atomic E-state index is 13.9. The van der Waals surface area contributed by atoms with Gasteiger partial charge in [-0.2, -0.15) is 0 Å². The Hall–Kier alpha value is -2.56. The molecule has 2 aromatic carbocycles. The molecule has 0 saturated heterocycles. The van der Waals surface area contributed by atoms with E-state index in [-0.39, 0.29) is 16.9 Å². The molecule has 0 aromatic heterocycles. The Kier molecular flexibility index (Phi) is 3.61. The number of hydrogen-bond donors (Lipinski definition) is 3. The number of nitrogen functional groups attached to an aromatic ring is 1. The van der Waals surface area contributed by atoms with Crippen LogP contribution in [0.3, 0.4) is 0 Å². The van der Waals surface area contributed by atoms with Gasteiger partial charge in [0.15, 0.2) is 0 Å². The number of benzene rings is 2. The number of aromatic carboxylic acids is 1. The first-order chi connectivity index (χ1) is 9.38. The summed E-state index contributed by atoms with van der Waals surface area (Å²) in [6.07, 6.45) is 0. The van der Waals surface area contributed by atoms with Crippen LogP contribution in [-0.2, 0) is 0 Å². The van der Waals surface area contributed by atoms with Gasteiger partial charge < -0.3 is 16.2 Å². The molecule has 4 nitrogen and oxygen atoms in total. The average Bonchev–Trinajstić information content (AvgIpc) is 2.35. The van der Waals surface area contributed by atoms with E-state index in [0.717, 1.165) is 22.9 Å². The van der Waals surface area contributed by atoms with Crippen molar-refractivity contribution in [3.63, 3.8) is 0 Å². The number of rotatable bonds is 3. The average molecular weight is 274 g/mol. The third-order valence-corrected chi connectivity index (χ3v) is 3.02. The third-order valence-electron chi connectivity index (χ3n) is 3.02. The van der Waals surface area contributed by atoms with Gasteiger partial charge in [-0.3, -0.25) is 0 Å². The lowest BCUT2D eigenvalue weighted by atomic mass is 10.1. The van der Waals surface area contributed by atoms with Crippen molar-refractivity contribution >= 4 is 23.0 Å². The highest BCUT2D eigenvalue weighted by molar-refractivity contribution is 5.95. The SMILES string of the molecule is Cc1ccc(Nc2cc(C(=O)O)c(N)cc2F)c(C)c1. The smallest absolute Gasteiger partial charge is 0.337 e. The Morgan fingerprint density at radius 3 is 2.50 bits per heavy atom. The van der Waals surface area contributed by atoms with E-state index in [1.54, 1.807) is 0 Å². The molecule has 0 aliphatic rings. The highest BCUT2D eigenvalue weighted by Gasteiger charge is 2.13. The maximum Gasteiger partial charge on any atom is 0.337 e. The number of halogens is 1. The van der Waals surface area contributed by atoms with Gasteiger partial charge >= 0.3 is 5.97 Å². The summed E-state index contributed by atoms with van der Waals surface area (Å²) in [5.41, 5.74) is 8.11. The van der Waals surface area contributed by atoms with Gasteiger partial charge in [0, 0.05) is 11.4 Å². The van der Waals surface area contributed by atoms with E-state index in [1.807, 2.05) is 32.0 Å². The second-order valence-corrected chi connectivity index (χ2v) is 4.67. The van der Waals surface area contributed by atoms with Crippen LogP contribution >= 0.6 is 0 Å². The molecule has 0 aliphatic heterocycles. The van der Waals surface area contributed by atoms with Gasteiger partial charge in [-0.15, -0.1) is 0 Å². The Balaban J connectivity index is 2.43. The van der Waals surface area contributed by atoms with Crippen LogP contribution in [0.15, 0.2) is 30.3 Å². The van der Waals surface area contributed by atoms with Crippen LogP contribution in [0.1, 0.15) is 21.5 Å². The number of hydrogen-bond acceptors (Lipinski definition) is 3. The molecule has 20 heavy (non-hydrogen) atoms. The highest BCUT2D eigenvalue weighted by Crippen LogP contribution is 2.27. The number of carboxylic acid groups (broad SMARTS) is 1. The fourth-order valence-corrected chi connectivity index (χ4v) is 1.97. The Morgan fingerprint density at radius 1 is 1.20 bits per heavy atom. The predicted octanol–water partition coefficient (Wildman–Crippen LogP) is 3.47. The van der Waals surface area contributed by atoms with Crippen molar-refractivity contribution in [2.24, 2.45) is 0 Å². The molecule has 0 radical (unpaired) electrons. The monoisotopic (exact) mass is 274 g/mol. The lowest BCUT2D eigenvalue weighted by molar-refractivity contribution is 0.0698. The molecule has 104 valence electrons. The van der Waals surface area contributed by atoms with Gasteiger partial charge in [-0.05, 0) is 37.6 Å². The van der Waals surface area contributed by atoms with Gasteiger partial charge in [0.2, 0.25) is 0 Å². The van der Waals surface area contributed by atoms with E-state index in [1.165, 1.54) is 6.07 Å². The van der Waals surface area contributed by atoms with Crippen molar-refractivity contribution in [3.8, 4) is 0 Å². The van der Waals surface area contributed by atoms with Gasteiger partial charge in [0.25, 0.3) is 0 Å². The van der Waals surface area contributed by atoms with Crippen LogP contribution in [0.2, 0.25) is 0 Å². The van der Waals surface area contributed by atoms with Crippen LogP contribution in [0.4, 0.5) is 21.5 Å². The first-order valence-corrected chi connectivity index (χ1v) is 6.05. The summed E-state index contributed by atoms with van der Waals surface area (Å²) in [6, 6.07) is 7.88. The van der Waals surface area contributed by atoms with Gasteiger partial charge in [0.05, 0.1) is 11.3 Å². The van der Waals surface area contributed by atoms with E-state index in [4.69, 9.17) is 10.8 Å². The van der Waals surface area contributed by atoms with Crippen molar-refractivity contribution in [1.82, 2.24) is 0 Å². The molecule has 2 rings (SSSR count). The quantitative estimate of drug-likeness (QED) is 0.749. The van der Waals surface area contributed by atoms with Gasteiger partial charge in [-0.25, -0.2) is 9.18 Å². The Bertz CT molecular complexity index is 684. The van der Waals surface area contributed by atoms with E-state index in [2.05, 4.69) is 5.32 Å². The normalized spacial score (nSPS) is 10.3. The lowest BCUT2D eigenvalue weighted by Gasteiger charge is -2.12.